The highest BCUT2D eigenvalue weighted by Gasteiger charge is 2.36. The van der Waals surface area contributed by atoms with Crippen LogP contribution in [0.5, 0.6) is 0 Å². The summed E-state index contributed by atoms with van der Waals surface area (Å²) in [6.45, 7) is 1.62. The van der Waals surface area contributed by atoms with Crippen LogP contribution in [0.2, 0.25) is 0 Å². The van der Waals surface area contributed by atoms with E-state index in [1.165, 1.54) is 12.8 Å². The molecule has 2 bridgehead atoms. The fourth-order valence-electron chi connectivity index (χ4n) is 3.25. The Kier molecular flexibility index (Phi) is 3.14. The Hall–Kier alpha value is -1.62. The monoisotopic (exact) mass is 260 g/mol. The molecule has 2 atom stereocenters. The van der Waals surface area contributed by atoms with Crippen LogP contribution in [0.3, 0.4) is 0 Å². The van der Waals surface area contributed by atoms with Gasteiger partial charge in [-0.2, -0.15) is 0 Å². The predicted octanol–water partition coefficient (Wildman–Crippen LogP) is 0.972. The van der Waals surface area contributed by atoms with E-state index in [-0.39, 0.29) is 5.91 Å². The fourth-order valence-corrected chi connectivity index (χ4v) is 3.25. The largest absolute Gasteiger partial charge is 0.398 e. The van der Waals surface area contributed by atoms with Crippen molar-refractivity contribution in [1.82, 2.24) is 14.8 Å². The molecule has 2 N–H and O–H groups in total. The van der Waals surface area contributed by atoms with Crippen LogP contribution < -0.4 is 5.73 Å². The van der Waals surface area contributed by atoms with Gasteiger partial charge in [0.15, 0.2) is 0 Å². The van der Waals surface area contributed by atoms with Gasteiger partial charge in [0.1, 0.15) is 0 Å². The number of fused-ring (bicyclic) bond motifs is 2. The second-order valence-corrected chi connectivity index (χ2v) is 5.55. The lowest BCUT2D eigenvalue weighted by Gasteiger charge is -2.26. The number of hydrogen-bond donors (Lipinski definition) is 1. The maximum atomic E-state index is 12.5. The summed E-state index contributed by atoms with van der Waals surface area (Å²) in [4.78, 5) is 20.9. The molecule has 0 saturated carbocycles. The van der Waals surface area contributed by atoms with Gasteiger partial charge in [-0.1, -0.05) is 0 Å². The summed E-state index contributed by atoms with van der Waals surface area (Å²) in [7, 11) is 2.18. The van der Waals surface area contributed by atoms with Gasteiger partial charge < -0.3 is 10.6 Å². The van der Waals surface area contributed by atoms with Crippen molar-refractivity contribution >= 4 is 11.6 Å². The van der Waals surface area contributed by atoms with Crippen molar-refractivity contribution in [3.63, 3.8) is 0 Å². The van der Waals surface area contributed by atoms with E-state index in [0.717, 1.165) is 19.5 Å². The number of carbonyl (C=O) groups is 1. The number of nitrogens with two attached hydrogens (primary N) is 1. The highest BCUT2D eigenvalue weighted by Crippen LogP contribution is 2.29. The minimum absolute atomic E-state index is 0.0200. The standard InChI is InChI=1S/C14H20N4O/c1-17-10-2-3-11(17)9-18(7-5-10)14(19)12-8-16-6-4-13(12)15/h4,6,8,10-11H,2-3,5,7,9H2,1H3,(H2,15,16). The van der Waals surface area contributed by atoms with Crippen LogP contribution in [-0.2, 0) is 0 Å². The van der Waals surface area contributed by atoms with Crippen LogP contribution in [0.1, 0.15) is 29.6 Å². The Balaban J connectivity index is 1.80. The molecule has 0 aliphatic carbocycles. The molecular weight excluding hydrogens is 240 g/mol. The van der Waals surface area contributed by atoms with E-state index in [0.29, 0.717) is 23.3 Å². The Bertz CT molecular complexity index is 490. The number of nitrogens with zero attached hydrogens (tertiary/aromatic N) is 3. The summed E-state index contributed by atoms with van der Waals surface area (Å²) in [5.74, 6) is 0.0200. The van der Waals surface area contributed by atoms with Crippen molar-refractivity contribution in [2.24, 2.45) is 0 Å². The summed E-state index contributed by atoms with van der Waals surface area (Å²) in [6.07, 6.45) is 6.69. The molecular formula is C14H20N4O. The number of anilines is 1. The molecule has 3 heterocycles. The zero-order valence-electron chi connectivity index (χ0n) is 11.2. The molecule has 2 fully saturated rings. The Morgan fingerprint density at radius 3 is 2.95 bits per heavy atom. The van der Waals surface area contributed by atoms with Gasteiger partial charge in [-0.05, 0) is 32.4 Å². The number of likely N-dealkylation sites (tertiary alicyclic amines) is 1. The van der Waals surface area contributed by atoms with E-state index in [2.05, 4.69) is 16.9 Å². The van der Waals surface area contributed by atoms with Gasteiger partial charge in [0.05, 0.1) is 5.56 Å². The molecule has 0 spiro atoms. The van der Waals surface area contributed by atoms with Gasteiger partial charge in [-0.25, -0.2) is 0 Å². The second kappa shape index (κ2) is 4.81. The summed E-state index contributed by atoms with van der Waals surface area (Å²) in [5.41, 5.74) is 6.92. The minimum Gasteiger partial charge on any atom is -0.398 e. The average molecular weight is 260 g/mol. The van der Waals surface area contributed by atoms with Crippen LogP contribution in [0, 0.1) is 0 Å². The smallest absolute Gasteiger partial charge is 0.257 e. The second-order valence-electron chi connectivity index (χ2n) is 5.55. The first-order valence-electron chi connectivity index (χ1n) is 6.87. The maximum Gasteiger partial charge on any atom is 0.257 e. The number of hydrogen-bond acceptors (Lipinski definition) is 4. The molecule has 2 unspecified atom stereocenters. The van der Waals surface area contributed by atoms with Crippen LogP contribution in [0.4, 0.5) is 5.69 Å². The SMILES string of the molecule is CN1C2CCC1CN(C(=O)c1cnccc1N)CC2. The van der Waals surface area contributed by atoms with E-state index < -0.39 is 0 Å². The van der Waals surface area contributed by atoms with Crippen LogP contribution in [0.15, 0.2) is 18.5 Å². The lowest BCUT2D eigenvalue weighted by Crippen LogP contribution is -2.39. The summed E-state index contributed by atoms with van der Waals surface area (Å²) in [6, 6.07) is 2.81. The Morgan fingerprint density at radius 2 is 2.16 bits per heavy atom. The molecule has 2 saturated heterocycles. The van der Waals surface area contributed by atoms with Crippen molar-refractivity contribution in [1.29, 1.82) is 0 Å². The number of amides is 1. The third kappa shape index (κ3) is 2.18. The number of rotatable bonds is 1. The van der Waals surface area contributed by atoms with Gasteiger partial charge in [0.25, 0.3) is 5.91 Å². The quantitative estimate of drug-likeness (QED) is 0.817. The minimum atomic E-state index is 0.0200. The maximum absolute atomic E-state index is 12.5. The molecule has 102 valence electrons. The highest BCUT2D eigenvalue weighted by atomic mass is 16.2. The van der Waals surface area contributed by atoms with Crippen molar-refractivity contribution in [2.45, 2.75) is 31.3 Å². The lowest BCUT2D eigenvalue weighted by atomic mass is 10.1. The third-order valence-electron chi connectivity index (χ3n) is 4.52. The summed E-state index contributed by atoms with van der Waals surface area (Å²) >= 11 is 0. The molecule has 0 aromatic carbocycles. The van der Waals surface area contributed by atoms with Crippen molar-refractivity contribution in [2.75, 3.05) is 25.9 Å². The molecule has 2 aliphatic heterocycles. The lowest BCUT2D eigenvalue weighted by molar-refractivity contribution is 0.0741. The summed E-state index contributed by atoms with van der Waals surface area (Å²) in [5, 5.41) is 0. The van der Waals surface area contributed by atoms with E-state index in [1.807, 2.05) is 4.90 Å². The number of carbonyl (C=O) groups excluding carboxylic acids is 1. The first-order valence-corrected chi connectivity index (χ1v) is 6.87. The molecule has 19 heavy (non-hydrogen) atoms. The molecule has 1 aromatic heterocycles. The van der Waals surface area contributed by atoms with E-state index in [1.54, 1.807) is 18.5 Å². The molecule has 1 aromatic rings. The first-order chi connectivity index (χ1) is 9.16. The Morgan fingerprint density at radius 1 is 1.37 bits per heavy atom. The molecule has 3 rings (SSSR count). The van der Waals surface area contributed by atoms with E-state index in [9.17, 15) is 4.79 Å². The fraction of sp³-hybridized carbons (Fsp3) is 0.571. The van der Waals surface area contributed by atoms with Crippen molar-refractivity contribution in [3.8, 4) is 0 Å². The van der Waals surface area contributed by atoms with Gasteiger partial charge in [0.2, 0.25) is 0 Å². The normalized spacial score (nSPS) is 27.3. The molecule has 5 heteroatoms. The van der Waals surface area contributed by atoms with E-state index in [4.69, 9.17) is 5.73 Å². The van der Waals surface area contributed by atoms with E-state index >= 15 is 0 Å². The van der Waals surface area contributed by atoms with Gasteiger partial charge in [0, 0.05) is 43.3 Å². The first kappa shape index (κ1) is 12.4. The highest BCUT2D eigenvalue weighted by molar-refractivity contribution is 5.98. The summed E-state index contributed by atoms with van der Waals surface area (Å²) < 4.78 is 0. The molecule has 5 nitrogen and oxygen atoms in total. The zero-order chi connectivity index (χ0) is 13.4. The van der Waals surface area contributed by atoms with Crippen LogP contribution >= 0.6 is 0 Å². The average Bonchev–Trinajstić information content (AvgIpc) is 2.63. The molecule has 0 radical (unpaired) electrons. The number of pyridine rings is 1. The van der Waals surface area contributed by atoms with Crippen molar-refractivity contribution in [3.05, 3.63) is 24.0 Å². The van der Waals surface area contributed by atoms with Crippen LogP contribution in [-0.4, -0.2) is 52.9 Å². The topological polar surface area (TPSA) is 62.5 Å². The predicted molar refractivity (Wildman–Crippen MR) is 73.7 cm³/mol. The number of nitrogen functional groups attached to an aromatic ring is 1. The number of aromatic nitrogens is 1. The van der Waals surface area contributed by atoms with Crippen molar-refractivity contribution < 1.29 is 4.79 Å². The van der Waals surface area contributed by atoms with Gasteiger partial charge in [-0.3, -0.25) is 14.7 Å². The molecule has 1 amide bonds. The zero-order valence-corrected chi connectivity index (χ0v) is 11.2. The number of likely N-dealkylation sites (N-methyl/N-ethyl adjacent to an activating group) is 1. The van der Waals surface area contributed by atoms with Crippen LogP contribution in [0.25, 0.3) is 0 Å². The van der Waals surface area contributed by atoms with Gasteiger partial charge in [-0.15, -0.1) is 0 Å². The third-order valence-corrected chi connectivity index (χ3v) is 4.52. The Labute approximate surface area is 113 Å². The molecule has 2 aliphatic rings. The van der Waals surface area contributed by atoms with Gasteiger partial charge >= 0.3 is 0 Å².